The molecule has 68 valence electrons. The summed E-state index contributed by atoms with van der Waals surface area (Å²) in [7, 11) is 0. The molecule has 0 spiro atoms. The maximum absolute atomic E-state index is 12.4. The van der Waals surface area contributed by atoms with Crippen LogP contribution in [0, 0.1) is 6.92 Å². The van der Waals surface area contributed by atoms with Gasteiger partial charge in [0.25, 0.3) is 6.43 Å². The SMILES string of the molecule is Cc1cccc2ncc(C(F)F)n12. The number of alkyl halides is 2. The Bertz CT molecular complexity index is 434. The van der Waals surface area contributed by atoms with E-state index in [1.165, 1.54) is 10.6 Å². The molecule has 0 radical (unpaired) electrons. The van der Waals surface area contributed by atoms with Crippen molar-refractivity contribution >= 4 is 5.65 Å². The van der Waals surface area contributed by atoms with Gasteiger partial charge in [0.15, 0.2) is 0 Å². The van der Waals surface area contributed by atoms with E-state index in [2.05, 4.69) is 4.98 Å². The Morgan fingerprint density at radius 2 is 2.15 bits per heavy atom. The lowest BCUT2D eigenvalue weighted by molar-refractivity contribution is 0.145. The van der Waals surface area contributed by atoms with E-state index in [1.807, 2.05) is 0 Å². The normalized spacial score (nSPS) is 11.4. The molecule has 2 aromatic heterocycles. The fourth-order valence-electron chi connectivity index (χ4n) is 1.38. The largest absolute Gasteiger partial charge is 0.296 e. The predicted octanol–water partition coefficient (Wildman–Crippen LogP) is 2.58. The number of halogens is 2. The van der Waals surface area contributed by atoms with Crippen molar-refractivity contribution in [2.45, 2.75) is 13.3 Å². The maximum Gasteiger partial charge on any atom is 0.280 e. The number of aromatic nitrogens is 2. The van der Waals surface area contributed by atoms with Gasteiger partial charge in [-0.2, -0.15) is 0 Å². The Morgan fingerprint density at radius 3 is 2.85 bits per heavy atom. The number of fused-ring (bicyclic) bond motifs is 1. The summed E-state index contributed by atoms with van der Waals surface area (Å²) in [5.74, 6) is 0. The number of imidazole rings is 1. The van der Waals surface area contributed by atoms with Gasteiger partial charge in [-0.05, 0) is 19.1 Å². The molecule has 0 bridgehead atoms. The zero-order chi connectivity index (χ0) is 9.42. The molecule has 2 aromatic rings. The van der Waals surface area contributed by atoms with Crippen LogP contribution < -0.4 is 0 Å². The van der Waals surface area contributed by atoms with E-state index in [0.29, 0.717) is 5.65 Å². The third-order valence-corrected chi connectivity index (χ3v) is 1.98. The summed E-state index contributed by atoms with van der Waals surface area (Å²) in [5, 5.41) is 0. The molecule has 0 unspecified atom stereocenters. The van der Waals surface area contributed by atoms with Crippen molar-refractivity contribution in [3.8, 4) is 0 Å². The van der Waals surface area contributed by atoms with E-state index in [-0.39, 0.29) is 5.69 Å². The molecule has 0 fully saturated rings. The second-order valence-corrected chi connectivity index (χ2v) is 2.84. The highest BCUT2D eigenvalue weighted by Crippen LogP contribution is 2.20. The van der Waals surface area contributed by atoms with Crippen molar-refractivity contribution in [3.63, 3.8) is 0 Å². The topological polar surface area (TPSA) is 17.3 Å². The van der Waals surface area contributed by atoms with E-state index in [4.69, 9.17) is 0 Å². The van der Waals surface area contributed by atoms with Gasteiger partial charge in [0.05, 0.1) is 6.20 Å². The number of nitrogens with zero attached hydrogens (tertiary/aromatic N) is 2. The van der Waals surface area contributed by atoms with E-state index in [9.17, 15) is 8.78 Å². The van der Waals surface area contributed by atoms with Crippen LogP contribution >= 0.6 is 0 Å². The molecular formula is C9H8F2N2. The molecule has 2 rings (SSSR count). The van der Waals surface area contributed by atoms with Crippen LogP contribution in [0.3, 0.4) is 0 Å². The summed E-state index contributed by atoms with van der Waals surface area (Å²) in [6.07, 6.45) is -1.26. The van der Waals surface area contributed by atoms with Gasteiger partial charge in [-0.3, -0.25) is 4.40 Å². The van der Waals surface area contributed by atoms with Gasteiger partial charge in [-0.1, -0.05) is 6.07 Å². The lowest BCUT2D eigenvalue weighted by Crippen LogP contribution is -1.96. The van der Waals surface area contributed by atoms with Gasteiger partial charge in [-0.15, -0.1) is 0 Å². The first-order valence-electron chi connectivity index (χ1n) is 3.91. The van der Waals surface area contributed by atoms with Gasteiger partial charge < -0.3 is 0 Å². The molecular weight excluding hydrogens is 174 g/mol. The Hall–Kier alpha value is -1.45. The van der Waals surface area contributed by atoms with Crippen LogP contribution in [0.5, 0.6) is 0 Å². The molecule has 0 aliphatic rings. The molecule has 0 aliphatic carbocycles. The van der Waals surface area contributed by atoms with E-state index >= 15 is 0 Å². The van der Waals surface area contributed by atoms with Crippen LogP contribution in [0.1, 0.15) is 17.8 Å². The van der Waals surface area contributed by atoms with E-state index in [1.54, 1.807) is 25.1 Å². The van der Waals surface area contributed by atoms with Crippen molar-refractivity contribution in [1.82, 2.24) is 9.38 Å². The number of hydrogen-bond donors (Lipinski definition) is 0. The number of hydrogen-bond acceptors (Lipinski definition) is 1. The summed E-state index contributed by atoms with van der Waals surface area (Å²) in [4.78, 5) is 3.88. The second-order valence-electron chi connectivity index (χ2n) is 2.84. The predicted molar refractivity (Wildman–Crippen MR) is 44.9 cm³/mol. The fraction of sp³-hybridized carbons (Fsp3) is 0.222. The molecule has 0 atom stereocenters. The number of pyridine rings is 1. The summed E-state index contributed by atoms with van der Waals surface area (Å²) < 4.78 is 26.4. The highest BCUT2D eigenvalue weighted by molar-refractivity contribution is 5.42. The molecule has 0 saturated carbocycles. The minimum absolute atomic E-state index is 0.0481. The molecule has 0 aromatic carbocycles. The van der Waals surface area contributed by atoms with Crippen LogP contribution in [0.15, 0.2) is 24.4 Å². The highest BCUT2D eigenvalue weighted by Gasteiger charge is 2.13. The van der Waals surface area contributed by atoms with Crippen LogP contribution in [-0.4, -0.2) is 9.38 Å². The van der Waals surface area contributed by atoms with Gasteiger partial charge in [0.2, 0.25) is 0 Å². The Kier molecular flexibility index (Phi) is 1.76. The first kappa shape index (κ1) is 8.16. The van der Waals surface area contributed by atoms with Gasteiger partial charge in [0, 0.05) is 5.69 Å². The van der Waals surface area contributed by atoms with E-state index < -0.39 is 6.43 Å². The molecule has 0 N–H and O–H groups in total. The lowest BCUT2D eigenvalue weighted by atomic mass is 10.3. The van der Waals surface area contributed by atoms with Gasteiger partial charge in [-0.25, -0.2) is 13.8 Å². The first-order valence-corrected chi connectivity index (χ1v) is 3.91. The molecule has 2 nitrogen and oxygen atoms in total. The molecule has 4 heteroatoms. The summed E-state index contributed by atoms with van der Waals surface area (Å²) in [6.45, 7) is 1.78. The maximum atomic E-state index is 12.4. The van der Waals surface area contributed by atoms with Crippen molar-refractivity contribution in [2.75, 3.05) is 0 Å². The van der Waals surface area contributed by atoms with Gasteiger partial charge >= 0.3 is 0 Å². The summed E-state index contributed by atoms with van der Waals surface area (Å²) in [6, 6.07) is 5.28. The van der Waals surface area contributed by atoms with Crippen LogP contribution in [0.25, 0.3) is 5.65 Å². The molecule has 0 aliphatic heterocycles. The van der Waals surface area contributed by atoms with Crippen molar-refractivity contribution in [2.24, 2.45) is 0 Å². The zero-order valence-corrected chi connectivity index (χ0v) is 7.04. The Morgan fingerprint density at radius 1 is 1.38 bits per heavy atom. The Labute approximate surface area is 73.8 Å². The minimum atomic E-state index is -2.48. The quantitative estimate of drug-likeness (QED) is 0.662. The fourth-order valence-corrected chi connectivity index (χ4v) is 1.38. The molecule has 0 amide bonds. The Balaban J connectivity index is 2.79. The van der Waals surface area contributed by atoms with Crippen LogP contribution in [-0.2, 0) is 0 Å². The molecule has 13 heavy (non-hydrogen) atoms. The first-order chi connectivity index (χ1) is 6.20. The monoisotopic (exact) mass is 182 g/mol. The van der Waals surface area contributed by atoms with E-state index in [0.717, 1.165) is 5.69 Å². The number of rotatable bonds is 1. The zero-order valence-electron chi connectivity index (χ0n) is 7.04. The molecule has 0 saturated heterocycles. The summed E-state index contributed by atoms with van der Waals surface area (Å²) in [5.41, 5.74) is 1.29. The lowest BCUT2D eigenvalue weighted by Gasteiger charge is -2.03. The van der Waals surface area contributed by atoms with Crippen molar-refractivity contribution in [1.29, 1.82) is 0 Å². The smallest absolute Gasteiger partial charge is 0.280 e. The van der Waals surface area contributed by atoms with Gasteiger partial charge in [0.1, 0.15) is 11.3 Å². The van der Waals surface area contributed by atoms with Crippen molar-refractivity contribution in [3.05, 3.63) is 35.8 Å². The molecule has 2 heterocycles. The third-order valence-electron chi connectivity index (χ3n) is 1.98. The highest BCUT2D eigenvalue weighted by atomic mass is 19.3. The average molecular weight is 182 g/mol. The standard InChI is InChI=1S/C9H8F2N2/c1-6-3-2-4-8-12-5-7(9(10)11)13(6)8/h2-5,9H,1H3. The average Bonchev–Trinajstić information content (AvgIpc) is 2.49. The summed E-state index contributed by atoms with van der Waals surface area (Å²) >= 11 is 0. The van der Waals surface area contributed by atoms with Crippen LogP contribution in [0.4, 0.5) is 8.78 Å². The minimum Gasteiger partial charge on any atom is -0.296 e. The number of aryl methyl sites for hydroxylation is 1. The van der Waals surface area contributed by atoms with Crippen molar-refractivity contribution < 1.29 is 8.78 Å². The van der Waals surface area contributed by atoms with Crippen LogP contribution in [0.2, 0.25) is 0 Å². The third kappa shape index (κ3) is 1.18. The second kappa shape index (κ2) is 2.80.